The summed E-state index contributed by atoms with van der Waals surface area (Å²) in [5.74, 6) is 0. The van der Waals surface area contributed by atoms with Crippen LogP contribution in [0.15, 0.2) is 30.3 Å². The second kappa shape index (κ2) is 6.04. The number of benzene rings is 1. The Morgan fingerprint density at radius 3 is 2.50 bits per heavy atom. The largest absolute Gasteiger partial charge is 0.327 e. The van der Waals surface area contributed by atoms with Crippen molar-refractivity contribution < 1.29 is 0 Å². The van der Waals surface area contributed by atoms with E-state index in [1.165, 1.54) is 5.69 Å². The molecular weight excluding hydrogens is 210 g/mol. The molecule has 0 fully saturated rings. The van der Waals surface area contributed by atoms with E-state index in [4.69, 9.17) is 12.2 Å². The lowest BCUT2D eigenvalue weighted by molar-refractivity contribution is 0.913. The summed E-state index contributed by atoms with van der Waals surface area (Å²) in [5.41, 5.74) is 1.19. The van der Waals surface area contributed by atoms with Gasteiger partial charge in [-0.2, -0.15) is 0 Å². The molecule has 76 valence electrons. The summed E-state index contributed by atoms with van der Waals surface area (Å²) in [7, 11) is 0. The molecule has 0 aromatic heterocycles. The van der Waals surface area contributed by atoms with Crippen LogP contribution in [0.3, 0.4) is 0 Å². The minimum absolute atomic E-state index is 0.943. The lowest BCUT2D eigenvalue weighted by Gasteiger charge is -2.23. The van der Waals surface area contributed by atoms with Gasteiger partial charge in [-0.25, -0.2) is 0 Å². The van der Waals surface area contributed by atoms with Gasteiger partial charge in [0.05, 0.1) is 0 Å². The maximum absolute atomic E-state index is 5.31. The summed E-state index contributed by atoms with van der Waals surface area (Å²) in [6, 6.07) is 10.3. The van der Waals surface area contributed by atoms with Crippen LogP contribution >= 0.6 is 24.0 Å². The van der Waals surface area contributed by atoms with Gasteiger partial charge >= 0.3 is 0 Å². The van der Waals surface area contributed by atoms with Crippen LogP contribution in [0.25, 0.3) is 0 Å². The molecule has 1 aromatic carbocycles. The number of para-hydroxylation sites is 1. The van der Waals surface area contributed by atoms with Gasteiger partial charge in [-0.3, -0.25) is 0 Å². The average molecular weight is 225 g/mol. The Bertz CT molecular complexity index is 285. The van der Waals surface area contributed by atoms with Crippen molar-refractivity contribution in [3.05, 3.63) is 30.3 Å². The SMILES string of the molecule is CCCN(C(=S)SC)c1ccccc1. The van der Waals surface area contributed by atoms with Crippen molar-refractivity contribution in [3.8, 4) is 0 Å². The standard InChI is InChI=1S/C11H15NS2/c1-3-9-12(11(13)14-2)10-7-5-4-6-8-10/h4-8H,3,9H2,1-2H3. The molecule has 1 aromatic rings. The normalized spacial score (nSPS) is 9.86. The van der Waals surface area contributed by atoms with Crippen LogP contribution < -0.4 is 4.90 Å². The number of thiocarbonyl (C=S) groups is 1. The summed E-state index contributed by atoms with van der Waals surface area (Å²) in [4.78, 5) is 2.18. The fourth-order valence-corrected chi connectivity index (χ4v) is 1.88. The second-order valence-corrected chi connectivity index (χ2v) is 4.40. The highest BCUT2D eigenvalue weighted by Gasteiger charge is 2.08. The third-order valence-electron chi connectivity index (χ3n) is 1.91. The van der Waals surface area contributed by atoms with E-state index in [-0.39, 0.29) is 0 Å². The van der Waals surface area contributed by atoms with Gasteiger partial charge in [0.15, 0.2) is 0 Å². The topological polar surface area (TPSA) is 3.24 Å². The molecule has 0 amide bonds. The number of anilines is 1. The monoisotopic (exact) mass is 225 g/mol. The molecule has 0 heterocycles. The quantitative estimate of drug-likeness (QED) is 0.724. The molecule has 1 nitrogen and oxygen atoms in total. The van der Waals surface area contributed by atoms with Gasteiger partial charge in [0.1, 0.15) is 4.32 Å². The molecule has 0 aliphatic heterocycles. The van der Waals surface area contributed by atoms with E-state index in [1.807, 2.05) is 24.5 Å². The first-order valence-corrected chi connectivity index (χ1v) is 6.33. The first-order valence-electron chi connectivity index (χ1n) is 4.70. The Morgan fingerprint density at radius 2 is 2.00 bits per heavy atom. The fraction of sp³-hybridized carbons (Fsp3) is 0.364. The molecule has 0 aliphatic carbocycles. The molecule has 0 bridgehead atoms. The van der Waals surface area contributed by atoms with E-state index >= 15 is 0 Å². The predicted molar refractivity (Wildman–Crippen MR) is 70.2 cm³/mol. The first-order chi connectivity index (χ1) is 6.79. The smallest absolute Gasteiger partial charge is 0.140 e. The number of thioether (sulfide) groups is 1. The zero-order chi connectivity index (χ0) is 10.4. The van der Waals surface area contributed by atoms with Gasteiger partial charge in [0.25, 0.3) is 0 Å². The Kier molecular flexibility index (Phi) is 4.98. The number of hydrogen-bond acceptors (Lipinski definition) is 2. The Hall–Kier alpha value is -0.540. The van der Waals surface area contributed by atoms with Crippen molar-refractivity contribution in [2.45, 2.75) is 13.3 Å². The van der Waals surface area contributed by atoms with E-state index in [9.17, 15) is 0 Å². The molecule has 3 heteroatoms. The number of rotatable bonds is 3. The van der Waals surface area contributed by atoms with Crippen LogP contribution in [0.5, 0.6) is 0 Å². The van der Waals surface area contributed by atoms with E-state index in [2.05, 4.69) is 24.0 Å². The van der Waals surface area contributed by atoms with Crippen LogP contribution in [-0.2, 0) is 0 Å². The van der Waals surface area contributed by atoms with E-state index in [0.29, 0.717) is 0 Å². The van der Waals surface area contributed by atoms with Crippen molar-refractivity contribution >= 4 is 34.0 Å². The van der Waals surface area contributed by atoms with E-state index in [1.54, 1.807) is 11.8 Å². The minimum atomic E-state index is 0.943. The van der Waals surface area contributed by atoms with Gasteiger partial charge in [-0.15, -0.1) is 11.8 Å². The predicted octanol–water partition coefficient (Wildman–Crippen LogP) is 3.55. The van der Waals surface area contributed by atoms with Crippen molar-refractivity contribution in [1.82, 2.24) is 0 Å². The minimum Gasteiger partial charge on any atom is -0.327 e. The first kappa shape index (κ1) is 11.5. The average Bonchev–Trinajstić information content (AvgIpc) is 2.26. The highest BCUT2D eigenvalue weighted by molar-refractivity contribution is 8.22. The highest BCUT2D eigenvalue weighted by Crippen LogP contribution is 2.18. The van der Waals surface area contributed by atoms with Gasteiger partial charge in [0, 0.05) is 12.2 Å². The molecule has 0 N–H and O–H groups in total. The molecule has 0 atom stereocenters. The summed E-state index contributed by atoms with van der Waals surface area (Å²) < 4.78 is 0.943. The van der Waals surface area contributed by atoms with Gasteiger partial charge in [-0.1, -0.05) is 37.3 Å². The molecule has 0 unspecified atom stereocenters. The summed E-state index contributed by atoms with van der Waals surface area (Å²) >= 11 is 6.94. The zero-order valence-electron chi connectivity index (χ0n) is 8.56. The van der Waals surface area contributed by atoms with E-state index in [0.717, 1.165) is 17.3 Å². The molecule has 0 aliphatic rings. The second-order valence-electron chi connectivity index (χ2n) is 2.96. The Morgan fingerprint density at radius 1 is 1.36 bits per heavy atom. The van der Waals surface area contributed by atoms with Gasteiger partial charge < -0.3 is 4.90 Å². The molecule has 14 heavy (non-hydrogen) atoms. The zero-order valence-corrected chi connectivity index (χ0v) is 10.2. The molecule has 0 saturated carbocycles. The number of nitrogens with zero attached hydrogens (tertiary/aromatic N) is 1. The highest BCUT2D eigenvalue weighted by atomic mass is 32.2. The van der Waals surface area contributed by atoms with Crippen molar-refractivity contribution in [1.29, 1.82) is 0 Å². The van der Waals surface area contributed by atoms with Gasteiger partial charge in [0.2, 0.25) is 0 Å². The van der Waals surface area contributed by atoms with Crippen LogP contribution in [0.2, 0.25) is 0 Å². The van der Waals surface area contributed by atoms with Crippen LogP contribution in [0, 0.1) is 0 Å². The van der Waals surface area contributed by atoms with Crippen molar-refractivity contribution in [3.63, 3.8) is 0 Å². The van der Waals surface area contributed by atoms with E-state index < -0.39 is 0 Å². The Balaban J connectivity index is 2.83. The fourth-order valence-electron chi connectivity index (χ4n) is 1.27. The molecule has 0 spiro atoms. The van der Waals surface area contributed by atoms with Crippen LogP contribution in [0.4, 0.5) is 5.69 Å². The molecule has 0 radical (unpaired) electrons. The third kappa shape index (κ3) is 3.00. The lowest BCUT2D eigenvalue weighted by atomic mass is 10.3. The number of hydrogen-bond donors (Lipinski definition) is 0. The summed E-state index contributed by atoms with van der Waals surface area (Å²) in [6.45, 7) is 3.16. The molecule has 0 saturated heterocycles. The maximum Gasteiger partial charge on any atom is 0.140 e. The van der Waals surface area contributed by atoms with Crippen molar-refractivity contribution in [2.24, 2.45) is 0 Å². The van der Waals surface area contributed by atoms with Crippen LogP contribution in [-0.4, -0.2) is 17.1 Å². The molecular formula is C11H15NS2. The molecule has 1 rings (SSSR count). The van der Waals surface area contributed by atoms with Crippen molar-refractivity contribution in [2.75, 3.05) is 17.7 Å². The Labute approximate surface area is 95.5 Å². The maximum atomic E-state index is 5.31. The summed E-state index contributed by atoms with van der Waals surface area (Å²) in [6.07, 6.45) is 3.13. The lowest BCUT2D eigenvalue weighted by Crippen LogP contribution is -2.27. The van der Waals surface area contributed by atoms with Gasteiger partial charge in [-0.05, 0) is 24.8 Å². The third-order valence-corrected chi connectivity index (χ3v) is 3.20. The van der Waals surface area contributed by atoms with Crippen LogP contribution in [0.1, 0.15) is 13.3 Å². The summed E-state index contributed by atoms with van der Waals surface area (Å²) in [5, 5.41) is 0.